The second-order valence-electron chi connectivity index (χ2n) is 16.7. The fourth-order valence-electron chi connectivity index (χ4n) is 6.74. The number of benzene rings is 1. The van der Waals surface area contributed by atoms with Crippen molar-refractivity contribution in [3.63, 3.8) is 0 Å². The van der Waals surface area contributed by atoms with Crippen LogP contribution < -0.4 is 4.90 Å². The molecule has 3 aromatic heterocycles. The summed E-state index contributed by atoms with van der Waals surface area (Å²) in [6.45, 7) is 23.0. The van der Waals surface area contributed by atoms with E-state index in [1.165, 1.54) is 0 Å². The van der Waals surface area contributed by atoms with E-state index in [0.29, 0.717) is 51.9 Å². The van der Waals surface area contributed by atoms with Crippen LogP contribution >= 0.6 is 0 Å². The van der Waals surface area contributed by atoms with Crippen molar-refractivity contribution in [3.05, 3.63) is 72.7 Å². The molecule has 0 radical (unpaired) electrons. The zero-order valence-corrected chi connectivity index (χ0v) is 35.3. The van der Waals surface area contributed by atoms with Gasteiger partial charge in [0.15, 0.2) is 5.65 Å². The van der Waals surface area contributed by atoms with Gasteiger partial charge in [0.1, 0.15) is 25.0 Å². The first kappa shape index (κ1) is 40.8. The number of aromatic nitrogens is 4. The number of methoxy groups -OCH3 is 1. The monoisotopic (exact) mass is 759 g/mol. The fourth-order valence-corrected chi connectivity index (χ4v) is 8.26. The van der Waals surface area contributed by atoms with Gasteiger partial charge in [0.2, 0.25) is 0 Å². The predicted octanol–water partition coefficient (Wildman–Crippen LogP) is 8.93. The van der Waals surface area contributed by atoms with Crippen molar-refractivity contribution in [1.82, 2.24) is 19.6 Å². The summed E-state index contributed by atoms with van der Waals surface area (Å²) in [6.07, 6.45) is 6.79. The lowest BCUT2D eigenvalue weighted by molar-refractivity contribution is -0.0785. The molecule has 10 nitrogen and oxygen atoms in total. The number of hydrogen-bond donors (Lipinski definition) is 1. The first-order valence-electron chi connectivity index (χ1n) is 19.1. The first-order valence-corrected chi connectivity index (χ1v) is 26.5. The van der Waals surface area contributed by atoms with Crippen LogP contribution in [0.4, 0.5) is 5.82 Å². The molecule has 53 heavy (non-hydrogen) atoms. The van der Waals surface area contributed by atoms with E-state index in [-0.39, 0.29) is 12.5 Å². The van der Waals surface area contributed by atoms with Crippen molar-refractivity contribution in [3.8, 4) is 22.4 Å². The highest BCUT2D eigenvalue weighted by molar-refractivity contribution is 6.76. The Morgan fingerprint density at radius 2 is 1.57 bits per heavy atom. The summed E-state index contributed by atoms with van der Waals surface area (Å²) >= 11 is 0. The molecule has 1 saturated carbocycles. The zero-order valence-electron chi connectivity index (χ0n) is 33.3. The largest absolute Gasteiger partial charge is 0.494 e. The van der Waals surface area contributed by atoms with Gasteiger partial charge in [-0.15, -0.1) is 0 Å². The molecular weight excluding hydrogens is 699 g/mol. The van der Waals surface area contributed by atoms with Gasteiger partial charge in [-0.05, 0) is 50.8 Å². The third kappa shape index (κ3) is 10.4. The molecule has 0 atom stereocenters. The third-order valence-electron chi connectivity index (χ3n) is 10.2. The Morgan fingerprint density at radius 3 is 2.09 bits per heavy atom. The van der Waals surface area contributed by atoms with Crippen LogP contribution in [0.5, 0.6) is 0 Å². The van der Waals surface area contributed by atoms with Gasteiger partial charge >= 0.3 is 0 Å². The molecule has 3 heterocycles. The van der Waals surface area contributed by atoms with Gasteiger partial charge in [0.25, 0.3) is 0 Å². The average Bonchev–Trinajstić information content (AvgIpc) is 3.57. The Labute approximate surface area is 318 Å². The summed E-state index contributed by atoms with van der Waals surface area (Å²) in [5.74, 6) is 1.40. The Morgan fingerprint density at radius 1 is 0.925 bits per heavy atom. The van der Waals surface area contributed by atoms with E-state index in [4.69, 9.17) is 34.0 Å². The summed E-state index contributed by atoms with van der Waals surface area (Å²) in [4.78, 5) is 12.4. The van der Waals surface area contributed by atoms with Crippen LogP contribution in [-0.4, -0.2) is 93.4 Å². The Balaban J connectivity index is 1.66. The van der Waals surface area contributed by atoms with Gasteiger partial charge in [-0.3, -0.25) is 4.98 Å². The number of aliphatic hydroxyl groups excluding tert-OH is 1. The quantitative estimate of drug-likeness (QED) is 0.0435. The molecular formula is C41H61N5O5Si2. The first-order chi connectivity index (χ1) is 25.3. The fraction of sp³-hybridized carbons (Fsp3) is 0.537. The predicted molar refractivity (Wildman–Crippen MR) is 221 cm³/mol. The summed E-state index contributed by atoms with van der Waals surface area (Å²) in [5, 5.41) is 15.3. The standard InChI is InChI=1S/C41H61N5O5Si2/c1-10-51-31(2)37-38(33-18-20-41(28-47,48-3)21-19-33)44-39-35(34-16-17-36(42-26-34)32-14-12-11-13-15-32)27-43-46(39)40(37)45(29-49-22-24-52(4,5)6)30-50-23-25-53(7,8)9/h11-17,26-27,33,47H,2,10,18-25,28-30H2,1,3-9H3/t33-,41+. The number of anilines is 1. The molecule has 0 bridgehead atoms. The lowest BCUT2D eigenvalue weighted by Gasteiger charge is -2.38. The van der Waals surface area contributed by atoms with E-state index >= 15 is 0 Å². The van der Waals surface area contributed by atoms with Crippen LogP contribution in [-0.2, 0) is 18.9 Å². The van der Waals surface area contributed by atoms with Gasteiger partial charge in [-0.25, -0.2) is 4.98 Å². The minimum absolute atomic E-state index is 0.0114. The Kier molecular flexibility index (Phi) is 13.7. The van der Waals surface area contributed by atoms with Crippen LogP contribution in [0.2, 0.25) is 51.4 Å². The summed E-state index contributed by atoms with van der Waals surface area (Å²) in [6, 6.07) is 16.4. The molecule has 1 fully saturated rings. The Bertz CT molecular complexity index is 1750. The highest BCUT2D eigenvalue weighted by atomic mass is 28.3. The molecule has 5 rings (SSSR count). The van der Waals surface area contributed by atoms with E-state index in [1.807, 2.05) is 48.1 Å². The highest BCUT2D eigenvalue weighted by Crippen LogP contribution is 2.44. The number of hydrogen-bond acceptors (Lipinski definition) is 9. The maximum absolute atomic E-state index is 10.3. The number of ether oxygens (including phenoxy) is 4. The molecule has 0 spiro atoms. The van der Waals surface area contributed by atoms with E-state index in [2.05, 4.69) is 69.0 Å². The molecule has 288 valence electrons. The van der Waals surface area contributed by atoms with Crippen LogP contribution in [0.3, 0.4) is 0 Å². The molecule has 0 saturated heterocycles. The minimum atomic E-state index is -1.32. The third-order valence-corrected chi connectivity index (χ3v) is 13.6. The number of rotatable bonds is 19. The van der Waals surface area contributed by atoms with Crippen molar-refractivity contribution in [2.45, 2.75) is 95.5 Å². The van der Waals surface area contributed by atoms with Gasteiger partial charge in [-0.1, -0.05) is 82.3 Å². The van der Waals surface area contributed by atoms with Gasteiger partial charge in [-0.2, -0.15) is 9.61 Å². The Hall–Kier alpha value is -3.40. The minimum Gasteiger partial charge on any atom is -0.494 e. The van der Waals surface area contributed by atoms with Crippen molar-refractivity contribution in [2.24, 2.45) is 0 Å². The number of nitrogens with zero attached hydrogens (tertiary/aromatic N) is 5. The van der Waals surface area contributed by atoms with E-state index in [1.54, 1.807) is 7.11 Å². The van der Waals surface area contributed by atoms with Crippen molar-refractivity contribution < 1.29 is 24.1 Å². The van der Waals surface area contributed by atoms with Crippen molar-refractivity contribution in [2.75, 3.05) is 51.9 Å². The molecule has 0 amide bonds. The average molecular weight is 760 g/mol. The van der Waals surface area contributed by atoms with Crippen LogP contribution in [0.15, 0.2) is 61.4 Å². The molecule has 1 aliphatic carbocycles. The van der Waals surface area contributed by atoms with E-state index in [9.17, 15) is 5.11 Å². The maximum atomic E-state index is 10.3. The van der Waals surface area contributed by atoms with Gasteiger partial charge in [0.05, 0.1) is 42.0 Å². The van der Waals surface area contributed by atoms with Gasteiger partial charge < -0.3 is 29.0 Å². The number of pyridine rings is 1. The second-order valence-corrected chi connectivity index (χ2v) is 27.9. The molecule has 1 aromatic carbocycles. The zero-order chi connectivity index (χ0) is 38.2. The normalized spacial score (nSPS) is 18.0. The van der Waals surface area contributed by atoms with Crippen molar-refractivity contribution >= 4 is 33.4 Å². The molecule has 1 N–H and O–H groups in total. The molecule has 0 aliphatic heterocycles. The number of aliphatic hydroxyl groups is 1. The lowest BCUT2D eigenvalue weighted by Crippen LogP contribution is -2.39. The summed E-state index contributed by atoms with van der Waals surface area (Å²) in [5.41, 5.74) is 5.65. The highest BCUT2D eigenvalue weighted by Gasteiger charge is 2.38. The molecule has 4 aromatic rings. The molecule has 12 heteroatoms. The number of fused-ring (bicyclic) bond motifs is 1. The van der Waals surface area contributed by atoms with Crippen LogP contribution in [0, 0.1) is 0 Å². The van der Waals surface area contributed by atoms with E-state index < -0.39 is 21.7 Å². The maximum Gasteiger partial charge on any atom is 0.165 e. The van der Waals surface area contributed by atoms with Crippen molar-refractivity contribution in [1.29, 1.82) is 0 Å². The lowest BCUT2D eigenvalue weighted by atomic mass is 9.76. The van der Waals surface area contributed by atoms with Crippen LogP contribution in [0.1, 0.15) is 49.8 Å². The topological polar surface area (TPSA) is 103 Å². The van der Waals surface area contributed by atoms with Gasteiger partial charge in [0, 0.05) is 65.3 Å². The van der Waals surface area contributed by atoms with E-state index in [0.717, 1.165) is 70.0 Å². The molecule has 0 unspecified atom stereocenters. The van der Waals surface area contributed by atoms with Crippen LogP contribution in [0.25, 0.3) is 33.8 Å². The summed E-state index contributed by atoms with van der Waals surface area (Å²) in [7, 11) is -0.946. The smallest absolute Gasteiger partial charge is 0.165 e. The SMILES string of the molecule is C=C(OCC)c1c(N(COCC[Si](C)(C)C)COCC[Si](C)(C)C)n2ncc(-c3ccc(-c4ccccc4)nc3)c2nc1[C@H]1CC[C@@](CO)(OC)CC1. The summed E-state index contributed by atoms with van der Waals surface area (Å²) < 4.78 is 26.9. The second kappa shape index (κ2) is 17.8. The molecule has 1 aliphatic rings.